The molecule has 0 bridgehead atoms. The molecule has 1 amide bonds. The lowest BCUT2D eigenvalue weighted by molar-refractivity contribution is -1.02. The molecule has 0 aromatic carbocycles. The van der Waals surface area contributed by atoms with Crippen molar-refractivity contribution in [3.8, 4) is 0 Å². The van der Waals surface area contributed by atoms with Crippen LogP contribution in [0, 0.1) is 0 Å². The predicted octanol–water partition coefficient (Wildman–Crippen LogP) is -1.37. The number of nitrogens with one attached hydrogen (secondary N) is 3. The zero-order valence-corrected chi connectivity index (χ0v) is 12.6. The van der Waals surface area contributed by atoms with Gasteiger partial charge in [-0.2, -0.15) is 0 Å². The maximum Gasteiger partial charge on any atom is 0.278 e. The number of piperazine rings is 1. The van der Waals surface area contributed by atoms with E-state index in [4.69, 9.17) is 0 Å². The van der Waals surface area contributed by atoms with E-state index in [2.05, 4.69) is 19.2 Å². The van der Waals surface area contributed by atoms with E-state index in [1.54, 1.807) is 4.90 Å². The standard InChI is InChI=1S/C15H29N3O/c1-3-17-9-11-18(12-10-17)13(2)15(19)16-14-7-5-4-6-8-14/h13-14H,3-12H2,1-2H3,(H,16,19)/p+2/t13-/m0/s1. The van der Waals surface area contributed by atoms with Crippen LogP contribution in [-0.2, 0) is 4.79 Å². The second-order valence-electron chi connectivity index (χ2n) is 6.33. The largest absolute Gasteiger partial charge is 0.348 e. The highest BCUT2D eigenvalue weighted by atomic mass is 16.2. The fraction of sp³-hybridized carbons (Fsp3) is 0.933. The van der Waals surface area contributed by atoms with Crippen LogP contribution in [0.2, 0.25) is 0 Å². The van der Waals surface area contributed by atoms with Gasteiger partial charge in [-0.25, -0.2) is 0 Å². The molecular formula is C15H31N3O+2. The van der Waals surface area contributed by atoms with Crippen LogP contribution in [-0.4, -0.2) is 50.7 Å². The molecule has 1 heterocycles. The molecule has 2 fully saturated rings. The summed E-state index contributed by atoms with van der Waals surface area (Å²) in [6.07, 6.45) is 6.27. The number of hydrogen-bond acceptors (Lipinski definition) is 1. The van der Waals surface area contributed by atoms with Gasteiger partial charge in [0.25, 0.3) is 5.91 Å². The molecule has 3 N–H and O–H groups in total. The number of quaternary nitrogens is 2. The normalized spacial score (nSPS) is 30.8. The smallest absolute Gasteiger partial charge is 0.278 e. The Kier molecular flexibility index (Phi) is 5.64. The van der Waals surface area contributed by atoms with Crippen molar-refractivity contribution in [1.29, 1.82) is 0 Å². The molecule has 2 rings (SSSR count). The van der Waals surface area contributed by atoms with E-state index >= 15 is 0 Å². The highest BCUT2D eigenvalue weighted by molar-refractivity contribution is 5.80. The van der Waals surface area contributed by atoms with Crippen molar-refractivity contribution in [3.63, 3.8) is 0 Å². The third-order valence-electron chi connectivity index (χ3n) is 5.06. The second-order valence-corrected chi connectivity index (χ2v) is 6.33. The second kappa shape index (κ2) is 7.25. The maximum absolute atomic E-state index is 12.3. The summed E-state index contributed by atoms with van der Waals surface area (Å²) >= 11 is 0. The molecule has 19 heavy (non-hydrogen) atoms. The molecule has 1 aliphatic heterocycles. The van der Waals surface area contributed by atoms with Crippen molar-refractivity contribution >= 4 is 5.91 Å². The van der Waals surface area contributed by atoms with Crippen LogP contribution < -0.4 is 15.1 Å². The van der Waals surface area contributed by atoms with Gasteiger partial charge in [-0.1, -0.05) is 19.3 Å². The van der Waals surface area contributed by atoms with E-state index < -0.39 is 0 Å². The average molecular weight is 269 g/mol. The molecule has 1 aliphatic carbocycles. The molecule has 1 atom stereocenters. The van der Waals surface area contributed by atoms with Gasteiger partial charge in [0, 0.05) is 6.04 Å². The topological polar surface area (TPSA) is 38.0 Å². The molecule has 1 saturated heterocycles. The molecule has 0 radical (unpaired) electrons. The number of carbonyl (C=O) groups is 1. The average Bonchev–Trinajstić information content (AvgIpc) is 2.47. The Morgan fingerprint density at radius 1 is 1.16 bits per heavy atom. The van der Waals surface area contributed by atoms with E-state index in [0.717, 1.165) is 13.1 Å². The molecule has 4 heteroatoms. The van der Waals surface area contributed by atoms with Gasteiger partial charge in [0.15, 0.2) is 6.04 Å². The Morgan fingerprint density at radius 2 is 1.79 bits per heavy atom. The van der Waals surface area contributed by atoms with Gasteiger partial charge in [-0.3, -0.25) is 4.79 Å². The number of hydrogen-bond donors (Lipinski definition) is 3. The summed E-state index contributed by atoms with van der Waals surface area (Å²) in [4.78, 5) is 15.5. The summed E-state index contributed by atoms with van der Waals surface area (Å²) in [5.74, 6) is 0.279. The fourth-order valence-electron chi connectivity index (χ4n) is 3.47. The van der Waals surface area contributed by atoms with Gasteiger partial charge in [0.2, 0.25) is 0 Å². The predicted molar refractivity (Wildman–Crippen MR) is 76.4 cm³/mol. The van der Waals surface area contributed by atoms with Gasteiger partial charge in [0.05, 0.1) is 6.54 Å². The van der Waals surface area contributed by atoms with Crippen LogP contribution >= 0.6 is 0 Å². The first kappa shape index (κ1) is 14.8. The Hall–Kier alpha value is -0.610. The number of rotatable bonds is 4. The van der Waals surface area contributed by atoms with Gasteiger partial charge in [0.1, 0.15) is 26.2 Å². The van der Waals surface area contributed by atoms with E-state index in [-0.39, 0.29) is 11.9 Å². The first-order chi connectivity index (χ1) is 9.20. The van der Waals surface area contributed by atoms with Crippen LogP contribution in [0.1, 0.15) is 46.0 Å². The Labute approximate surface area is 117 Å². The van der Waals surface area contributed by atoms with Crippen molar-refractivity contribution in [2.45, 2.75) is 58.0 Å². The number of likely N-dealkylation sites (N-methyl/N-ethyl adjacent to an activating group) is 1. The van der Waals surface area contributed by atoms with Crippen molar-refractivity contribution in [2.24, 2.45) is 0 Å². The van der Waals surface area contributed by atoms with E-state index in [1.807, 2.05) is 0 Å². The molecule has 2 aliphatic rings. The monoisotopic (exact) mass is 269 g/mol. The van der Waals surface area contributed by atoms with Gasteiger partial charge in [-0.05, 0) is 26.7 Å². The molecule has 0 aromatic heterocycles. The Bertz CT molecular complexity index is 281. The molecule has 0 aromatic rings. The van der Waals surface area contributed by atoms with Crippen molar-refractivity contribution < 1.29 is 14.6 Å². The first-order valence-corrected chi connectivity index (χ1v) is 8.19. The summed E-state index contributed by atoms with van der Waals surface area (Å²) in [7, 11) is 0. The van der Waals surface area contributed by atoms with Crippen LogP contribution in [0.3, 0.4) is 0 Å². The van der Waals surface area contributed by atoms with Crippen molar-refractivity contribution in [3.05, 3.63) is 0 Å². The minimum absolute atomic E-state index is 0.125. The third-order valence-corrected chi connectivity index (χ3v) is 5.06. The summed E-state index contributed by atoms with van der Waals surface area (Å²) in [6.45, 7) is 10.3. The minimum atomic E-state index is 0.125. The third kappa shape index (κ3) is 4.18. The lowest BCUT2D eigenvalue weighted by atomic mass is 9.95. The molecule has 4 nitrogen and oxygen atoms in total. The van der Waals surface area contributed by atoms with Crippen molar-refractivity contribution in [1.82, 2.24) is 5.32 Å². The van der Waals surface area contributed by atoms with Crippen molar-refractivity contribution in [2.75, 3.05) is 32.7 Å². The van der Waals surface area contributed by atoms with Gasteiger partial charge in [-0.15, -0.1) is 0 Å². The summed E-state index contributed by atoms with van der Waals surface area (Å²) < 4.78 is 0. The van der Waals surface area contributed by atoms with Crippen LogP contribution in [0.5, 0.6) is 0 Å². The van der Waals surface area contributed by atoms with E-state index in [9.17, 15) is 4.79 Å². The van der Waals surface area contributed by atoms with Gasteiger partial charge >= 0.3 is 0 Å². The molecule has 0 unspecified atom stereocenters. The maximum atomic E-state index is 12.3. The Morgan fingerprint density at radius 3 is 2.37 bits per heavy atom. The number of carbonyl (C=O) groups excluding carboxylic acids is 1. The molecule has 1 saturated carbocycles. The zero-order valence-electron chi connectivity index (χ0n) is 12.6. The van der Waals surface area contributed by atoms with Crippen LogP contribution in [0.15, 0.2) is 0 Å². The fourth-order valence-corrected chi connectivity index (χ4v) is 3.47. The highest BCUT2D eigenvalue weighted by Crippen LogP contribution is 2.17. The quantitative estimate of drug-likeness (QED) is 0.579. The zero-order chi connectivity index (χ0) is 13.7. The number of amides is 1. The van der Waals surface area contributed by atoms with E-state index in [1.165, 1.54) is 56.6 Å². The highest BCUT2D eigenvalue weighted by Gasteiger charge is 2.31. The first-order valence-electron chi connectivity index (χ1n) is 8.19. The van der Waals surface area contributed by atoms with Gasteiger partial charge < -0.3 is 15.1 Å². The Balaban J connectivity index is 1.75. The lowest BCUT2D eigenvalue weighted by Crippen LogP contribution is -3.30. The van der Waals surface area contributed by atoms with Crippen LogP contribution in [0.4, 0.5) is 0 Å². The SMILES string of the molecule is CC[NH+]1CC[NH+]([C@@H](C)C(=O)NC2CCCCC2)CC1. The minimum Gasteiger partial charge on any atom is -0.348 e. The summed E-state index contributed by atoms with van der Waals surface area (Å²) in [6, 6.07) is 0.575. The molecule has 110 valence electrons. The lowest BCUT2D eigenvalue weighted by Gasteiger charge is -2.33. The summed E-state index contributed by atoms with van der Waals surface area (Å²) in [5.41, 5.74) is 0. The summed E-state index contributed by atoms with van der Waals surface area (Å²) in [5, 5.41) is 3.27. The molecule has 0 spiro atoms. The van der Waals surface area contributed by atoms with E-state index in [0.29, 0.717) is 6.04 Å². The molecular weight excluding hydrogens is 238 g/mol. The van der Waals surface area contributed by atoms with Crippen LogP contribution in [0.25, 0.3) is 0 Å².